The molecule has 2 aliphatic rings. The average molecular weight is 427 g/mol. The molecule has 2 heterocycles. The number of piperidine rings is 1. The van der Waals surface area contributed by atoms with E-state index in [-0.39, 0.29) is 11.5 Å². The Hall–Kier alpha value is -1.88. The molecule has 5 heteroatoms. The number of amides is 1. The van der Waals surface area contributed by atoms with E-state index in [2.05, 4.69) is 34.5 Å². The van der Waals surface area contributed by atoms with Gasteiger partial charge in [-0.3, -0.25) is 4.79 Å². The fraction of sp³-hybridized carbons (Fsp3) is 0.480. The van der Waals surface area contributed by atoms with Crippen molar-refractivity contribution in [2.45, 2.75) is 50.7 Å². The fourth-order valence-electron chi connectivity index (χ4n) is 4.66. The number of likely N-dealkylation sites (tertiary alicyclic amines) is 1. The van der Waals surface area contributed by atoms with Gasteiger partial charge in [-0.25, -0.2) is 0 Å². The molecule has 1 saturated heterocycles. The predicted molar refractivity (Wildman–Crippen MR) is 121 cm³/mol. The maximum Gasteiger partial charge on any atom is 0.230 e. The molecule has 160 valence electrons. The van der Waals surface area contributed by atoms with E-state index in [0.717, 1.165) is 51.1 Å². The predicted octanol–water partition coefficient (Wildman–Crippen LogP) is 4.65. The van der Waals surface area contributed by atoms with Crippen LogP contribution in [0.4, 0.5) is 0 Å². The van der Waals surface area contributed by atoms with E-state index in [1.807, 2.05) is 38.1 Å². The van der Waals surface area contributed by atoms with Gasteiger partial charge in [0.1, 0.15) is 0 Å². The Morgan fingerprint density at radius 1 is 1.13 bits per heavy atom. The standard InChI is InChI=1S/C25H31ClN2O2/c1-24(2,20-8-10-21(26)11-9-20)23(29)27-14-5-15-28-16-12-25(13-17-28)22-7-4-3-6-19(22)18-30-25/h3-4,6-11H,5,12-18H2,1-2H3,(H,27,29). The van der Waals surface area contributed by atoms with E-state index < -0.39 is 5.41 Å². The van der Waals surface area contributed by atoms with Crippen LogP contribution in [0.25, 0.3) is 0 Å². The van der Waals surface area contributed by atoms with Crippen LogP contribution in [0, 0.1) is 0 Å². The van der Waals surface area contributed by atoms with Gasteiger partial charge in [-0.15, -0.1) is 0 Å². The van der Waals surface area contributed by atoms with E-state index in [1.165, 1.54) is 11.1 Å². The van der Waals surface area contributed by atoms with Crippen molar-refractivity contribution >= 4 is 17.5 Å². The van der Waals surface area contributed by atoms with Gasteiger partial charge in [0, 0.05) is 24.7 Å². The lowest BCUT2D eigenvalue weighted by Crippen LogP contribution is -2.44. The summed E-state index contributed by atoms with van der Waals surface area (Å²) in [4.78, 5) is 15.2. The summed E-state index contributed by atoms with van der Waals surface area (Å²) in [6.45, 7) is 8.42. The van der Waals surface area contributed by atoms with Crippen LogP contribution >= 0.6 is 11.6 Å². The Morgan fingerprint density at radius 2 is 1.83 bits per heavy atom. The third-order valence-corrected chi connectivity index (χ3v) is 7.00. The quantitative estimate of drug-likeness (QED) is 0.684. The second-order valence-corrected chi connectivity index (χ2v) is 9.46. The lowest BCUT2D eigenvalue weighted by Gasteiger charge is -2.39. The first-order chi connectivity index (χ1) is 14.4. The topological polar surface area (TPSA) is 41.6 Å². The highest BCUT2D eigenvalue weighted by Gasteiger charge is 2.42. The summed E-state index contributed by atoms with van der Waals surface area (Å²) in [5.41, 5.74) is 3.06. The number of carbonyl (C=O) groups excluding carboxylic acids is 1. The van der Waals surface area contributed by atoms with Gasteiger partial charge in [0.05, 0.1) is 17.6 Å². The largest absolute Gasteiger partial charge is 0.365 e. The van der Waals surface area contributed by atoms with Crippen molar-refractivity contribution in [1.82, 2.24) is 10.2 Å². The molecule has 1 N–H and O–H groups in total. The highest BCUT2D eigenvalue weighted by molar-refractivity contribution is 6.30. The van der Waals surface area contributed by atoms with Crippen molar-refractivity contribution < 1.29 is 9.53 Å². The molecule has 1 amide bonds. The van der Waals surface area contributed by atoms with Crippen LogP contribution in [0.5, 0.6) is 0 Å². The van der Waals surface area contributed by atoms with Gasteiger partial charge >= 0.3 is 0 Å². The van der Waals surface area contributed by atoms with E-state index in [4.69, 9.17) is 16.3 Å². The minimum absolute atomic E-state index is 0.0541. The van der Waals surface area contributed by atoms with Gasteiger partial charge in [-0.05, 0) is 68.5 Å². The Morgan fingerprint density at radius 3 is 2.57 bits per heavy atom. The number of nitrogens with zero attached hydrogens (tertiary/aromatic N) is 1. The molecule has 2 aromatic rings. The molecule has 0 radical (unpaired) electrons. The Balaban J connectivity index is 1.22. The fourth-order valence-corrected chi connectivity index (χ4v) is 4.79. The van der Waals surface area contributed by atoms with Gasteiger partial charge in [0.15, 0.2) is 0 Å². The number of nitrogens with one attached hydrogen (secondary N) is 1. The lowest BCUT2D eigenvalue weighted by atomic mass is 9.83. The number of carbonyl (C=O) groups is 1. The SMILES string of the molecule is CC(C)(C(=O)NCCCN1CCC2(CC1)OCc1ccccc12)c1ccc(Cl)cc1. The molecule has 2 aliphatic heterocycles. The van der Waals surface area contributed by atoms with E-state index in [0.29, 0.717) is 11.6 Å². The maximum atomic E-state index is 12.7. The molecule has 4 rings (SSSR count). The second-order valence-electron chi connectivity index (χ2n) is 9.02. The van der Waals surface area contributed by atoms with Gasteiger partial charge in [-0.2, -0.15) is 0 Å². The van der Waals surface area contributed by atoms with Crippen molar-refractivity contribution in [3.63, 3.8) is 0 Å². The Labute approximate surface area is 184 Å². The number of benzene rings is 2. The molecule has 0 saturated carbocycles. The van der Waals surface area contributed by atoms with Crippen molar-refractivity contribution in [2.24, 2.45) is 0 Å². The maximum absolute atomic E-state index is 12.7. The van der Waals surface area contributed by atoms with Gasteiger partial charge in [0.25, 0.3) is 0 Å². The summed E-state index contributed by atoms with van der Waals surface area (Å²) < 4.78 is 6.25. The Kier molecular flexibility index (Phi) is 6.19. The van der Waals surface area contributed by atoms with Crippen LogP contribution in [0.15, 0.2) is 48.5 Å². The Bertz CT molecular complexity index is 886. The summed E-state index contributed by atoms with van der Waals surface area (Å²) in [5.74, 6) is 0.0541. The number of ether oxygens (including phenoxy) is 1. The van der Waals surface area contributed by atoms with Crippen molar-refractivity contribution in [3.05, 3.63) is 70.2 Å². The molecular formula is C25H31ClN2O2. The minimum atomic E-state index is -0.574. The van der Waals surface area contributed by atoms with Crippen LogP contribution in [0.1, 0.15) is 49.8 Å². The molecule has 0 aromatic heterocycles. The average Bonchev–Trinajstić information content (AvgIpc) is 3.11. The third-order valence-electron chi connectivity index (χ3n) is 6.75. The zero-order valence-electron chi connectivity index (χ0n) is 17.9. The van der Waals surface area contributed by atoms with Crippen molar-refractivity contribution in [3.8, 4) is 0 Å². The monoisotopic (exact) mass is 426 g/mol. The molecule has 2 aromatic carbocycles. The van der Waals surface area contributed by atoms with Gasteiger partial charge < -0.3 is 15.0 Å². The number of fused-ring (bicyclic) bond motifs is 2. The molecule has 30 heavy (non-hydrogen) atoms. The minimum Gasteiger partial charge on any atom is -0.365 e. The molecule has 0 bridgehead atoms. The molecule has 1 spiro atoms. The molecule has 0 atom stereocenters. The zero-order chi connectivity index (χ0) is 21.2. The van der Waals surface area contributed by atoms with E-state index in [1.54, 1.807) is 0 Å². The van der Waals surface area contributed by atoms with Crippen molar-refractivity contribution in [1.29, 1.82) is 0 Å². The molecule has 1 fully saturated rings. The van der Waals surface area contributed by atoms with Crippen LogP contribution < -0.4 is 5.32 Å². The van der Waals surface area contributed by atoms with Crippen LogP contribution in [0.2, 0.25) is 5.02 Å². The van der Waals surface area contributed by atoms with Crippen LogP contribution in [0.3, 0.4) is 0 Å². The number of hydrogen-bond donors (Lipinski definition) is 1. The van der Waals surface area contributed by atoms with Crippen molar-refractivity contribution in [2.75, 3.05) is 26.2 Å². The molecule has 4 nitrogen and oxygen atoms in total. The summed E-state index contributed by atoms with van der Waals surface area (Å²) in [6.07, 6.45) is 3.03. The third kappa shape index (κ3) is 4.27. The molecular weight excluding hydrogens is 396 g/mol. The second kappa shape index (κ2) is 8.70. The first-order valence-electron chi connectivity index (χ1n) is 10.9. The first-order valence-corrected chi connectivity index (χ1v) is 11.3. The lowest BCUT2D eigenvalue weighted by molar-refractivity contribution is -0.125. The summed E-state index contributed by atoms with van der Waals surface area (Å²) >= 11 is 5.97. The summed E-state index contributed by atoms with van der Waals surface area (Å²) in [5, 5.41) is 3.80. The summed E-state index contributed by atoms with van der Waals surface area (Å²) in [6, 6.07) is 16.2. The van der Waals surface area contributed by atoms with Crippen LogP contribution in [-0.4, -0.2) is 37.0 Å². The van der Waals surface area contributed by atoms with E-state index >= 15 is 0 Å². The number of hydrogen-bond acceptors (Lipinski definition) is 3. The normalized spacial score (nSPS) is 18.4. The number of rotatable bonds is 6. The zero-order valence-corrected chi connectivity index (χ0v) is 18.7. The highest BCUT2D eigenvalue weighted by Crippen LogP contribution is 2.43. The molecule has 0 aliphatic carbocycles. The van der Waals surface area contributed by atoms with Gasteiger partial charge in [0.2, 0.25) is 5.91 Å². The highest BCUT2D eigenvalue weighted by atomic mass is 35.5. The smallest absolute Gasteiger partial charge is 0.230 e. The summed E-state index contributed by atoms with van der Waals surface area (Å²) in [7, 11) is 0. The van der Waals surface area contributed by atoms with Crippen LogP contribution in [-0.2, 0) is 27.2 Å². The molecule has 0 unspecified atom stereocenters. The number of halogens is 1. The first kappa shape index (κ1) is 21.4. The van der Waals surface area contributed by atoms with Gasteiger partial charge in [-0.1, -0.05) is 48.0 Å². The van der Waals surface area contributed by atoms with E-state index in [9.17, 15) is 4.79 Å².